The van der Waals surface area contributed by atoms with E-state index in [0.29, 0.717) is 12.0 Å². The highest BCUT2D eigenvalue weighted by molar-refractivity contribution is 5.34. The van der Waals surface area contributed by atoms with Crippen LogP contribution in [-0.4, -0.2) is 50.7 Å². The Morgan fingerprint density at radius 2 is 1.59 bits per heavy atom. The second-order valence-corrected chi connectivity index (χ2v) is 9.75. The topological polar surface area (TPSA) is 43.1 Å². The maximum atomic E-state index is 10.3. The normalized spacial score (nSPS) is 36.7. The second-order valence-electron chi connectivity index (χ2n) is 9.75. The average Bonchev–Trinajstić information content (AvgIpc) is 2.66. The van der Waals surface area contributed by atoms with Crippen molar-refractivity contribution in [3.05, 3.63) is 29.8 Å². The number of hydrogen-bond acceptors (Lipinski definition) is 3. The van der Waals surface area contributed by atoms with Crippen molar-refractivity contribution in [1.29, 1.82) is 0 Å². The van der Waals surface area contributed by atoms with Gasteiger partial charge in [-0.15, -0.1) is 0 Å². The first kappa shape index (κ1) is 18.0. The van der Waals surface area contributed by atoms with E-state index in [0.717, 1.165) is 56.4 Å². The van der Waals surface area contributed by atoms with Gasteiger partial charge in [0, 0.05) is 0 Å². The molecule has 0 amide bonds. The minimum atomic E-state index is -0.416. The Morgan fingerprint density at radius 3 is 2.19 bits per heavy atom. The smallest absolute Gasteiger partial charge is 0.137 e. The largest absolute Gasteiger partial charge is 0.491 e. The molecule has 1 aromatic carbocycles. The molecule has 5 aliphatic rings. The first-order chi connectivity index (χ1) is 13.2. The molecule has 0 unspecified atom stereocenters. The van der Waals surface area contributed by atoms with E-state index in [9.17, 15) is 5.11 Å². The van der Waals surface area contributed by atoms with Gasteiger partial charge in [-0.05, 0) is 79.4 Å². The third-order valence-electron chi connectivity index (χ3n) is 7.67. The van der Waals surface area contributed by atoms with Gasteiger partial charge in [-0.2, -0.15) is 0 Å². The van der Waals surface area contributed by atoms with Crippen LogP contribution in [-0.2, 0) is 10.2 Å². The fourth-order valence-corrected chi connectivity index (χ4v) is 6.82. The van der Waals surface area contributed by atoms with E-state index in [1.54, 1.807) is 0 Å². The number of hydrogen-bond donors (Lipinski definition) is 2. The van der Waals surface area contributed by atoms with Gasteiger partial charge < -0.3 is 19.5 Å². The highest BCUT2D eigenvalue weighted by Gasteiger charge is 2.51. The predicted octanol–water partition coefficient (Wildman–Crippen LogP) is 1.81. The highest BCUT2D eigenvalue weighted by atomic mass is 16.5. The third-order valence-corrected chi connectivity index (χ3v) is 7.67. The van der Waals surface area contributed by atoms with Crippen molar-refractivity contribution in [3.8, 4) is 5.75 Å². The van der Waals surface area contributed by atoms with Crippen LogP contribution in [0.2, 0.25) is 0 Å². The molecule has 2 N–H and O–H groups in total. The van der Waals surface area contributed by atoms with Crippen LogP contribution in [0.5, 0.6) is 5.75 Å². The molecular formula is C23H34NO3+. The molecule has 148 valence electrons. The van der Waals surface area contributed by atoms with E-state index in [1.807, 2.05) is 0 Å². The van der Waals surface area contributed by atoms with Gasteiger partial charge in [0.25, 0.3) is 0 Å². The van der Waals surface area contributed by atoms with Crippen LogP contribution in [0.15, 0.2) is 24.3 Å². The Hall–Kier alpha value is -1.10. The zero-order valence-electron chi connectivity index (χ0n) is 16.4. The lowest BCUT2D eigenvalue weighted by molar-refractivity contribution is -0.911. The van der Waals surface area contributed by atoms with Gasteiger partial charge in [0.2, 0.25) is 0 Å². The van der Waals surface area contributed by atoms with Gasteiger partial charge in [-0.1, -0.05) is 12.1 Å². The van der Waals surface area contributed by atoms with Crippen molar-refractivity contribution >= 4 is 0 Å². The quantitative estimate of drug-likeness (QED) is 0.800. The fourth-order valence-electron chi connectivity index (χ4n) is 6.82. The van der Waals surface area contributed by atoms with Crippen molar-refractivity contribution in [1.82, 2.24) is 0 Å². The SMILES string of the molecule is O[C@@H](COc1ccc(C23CC4CC(CC(C4)C2)C3)cc1)C[NH+]1CCOCC1. The molecule has 1 saturated heterocycles. The summed E-state index contributed by atoms with van der Waals surface area (Å²) in [6.45, 7) is 4.69. The van der Waals surface area contributed by atoms with Crippen LogP contribution < -0.4 is 9.64 Å². The van der Waals surface area contributed by atoms with Gasteiger partial charge in [0.05, 0.1) is 13.2 Å². The molecular weight excluding hydrogens is 338 g/mol. The number of quaternary nitrogens is 1. The minimum Gasteiger partial charge on any atom is -0.491 e. The van der Waals surface area contributed by atoms with Gasteiger partial charge in [0.15, 0.2) is 0 Å². The first-order valence-corrected chi connectivity index (χ1v) is 11.0. The maximum Gasteiger partial charge on any atom is 0.137 e. The summed E-state index contributed by atoms with van der Waals surface area (Å²) < 4.78 is 11.3. The summed E-state index contributed by atoms with van der Waals surface area (Å²) in [5.74, 6) is 3.82. The van der Waals surface area contributed by atoms with E-state index in [2.05, 4.69) is 24.3 Å². The van der Waals surface area contributed by atoms with E-state index < -0.39 is 6.10 Å². The summed E-state index contributed by atoms with van der Waals surface area (Å²) in [6, 6.07) is 8.87. The summed E-state index contributed by atoms with van der Waals surface area (Å²) in [7, 11) is 0. The lowest BCUT2D eigenvalue weighted by Gasteiger charge is -2.57. The van der Waals surface area contributed by atoms with Crippen LogP contribution in [0.1, 0.15) is 44.1 Å². The van der Waals surface area contributed by atoms with Gasteiger partial charge in [-0.25, -0.2) is 0 Å². The molecule has 1 heterocycles. The first-order valence-electron chi connectivity index (χ1n) is 11.0. The van der Waals surface area contributed by atoms with E-state index in [1.165, 1.54) is 49.0 Å². The molecule has 4 heteroatoms. The fraction of sp³-hybridized carbons (Fsp3) is 0.739. The second kappa shape index (κ2) is 7.38. The molecule has 4 nitrogen and oxygen atoms in total. The predicted molar refractivity (Wildman–Crippen MR) is 104 cm³/mol. The molecule has 4 bridgehead atoms. The molecule has 6 rings (SSSR count). The number of benzene rings is 1. The number of morpholine rings is 1. The summed E-state index contributed by atoms with van der Waals surface area (Å²) in [4.78, 5) is 1.41. The summed E-state index contributed by atoms with van der Waals surface area (Å²) >= 11 is 0. The molecule has 1 aromatic rings. The van der Waals surface area contributed by atoms with Crippen molar-refractivity contribution < 1.29 is 19.5 Å². The van der Waals surface area contributed by atoms with Gasteiger partial charge in [0.1, 0.15) is 38.1 Å². The lowest BCUT2D eigenvalue weighted by atomic mass is 9.48. The van der Waals surface area contributed by atoms with E-state index >= 15 is 0 Å². The zero-order valence-corrected chi connectivity index (χ0v) is 16.4. The van der Waals surface area contributed by atoms with Crippen LogP contribution in [0.4, 0.5) is 0 Å². The molecule has 5 fully saturated rings. The summed E-state index contributed by atoms with van der Waals surface area (Å²) in [5.41, 5.74) is 1.99. The van der Waals surface area contributed by atoms with Crippen molar-refractivity contribution in [2.45, 2.75) is 50.0 Å². The monoisotopic (exact) mass is 372 g/mol. The summed E-state index contributed by atoms with van der Waals surface area (Å²) in [6.07, 6.45) is 8.26. The van der Waals surface area contributed by atoms with Crippen LogP contribution in [0, 0.1) is 17.8 Å². The lowest BCUT2D eigenvalue weighted by Crippen LogP contribution is -3.15. The van der Waals surface area contributed by atoms with Gasteiger partial charge >= 0.3 is 0 Å². The van der Waals surface area contributed by atoms with Crippen LogP contribution in [0.25, 0.3) is 0 Å². The number of aliphatic hydroxyl groups excluding tert-OH is 1. The Kier molecular flexibility index (Phi) is 4.91. The number of rotatable bonds is 6. The number of aliphatic hydroxyl groups is 1. The molecule has 27 heavy (non-hydrogen) atoms. The standard InChI is InChI=1S/C23H33NO3/c25-21(15-24-5-7-26-8-6-24)16-27-22-3-1-20(2-4-22)23-12-17-9-18(13-23)11-19(10-17)14-23/h1-4,17-19,21,25H,5-16H2/p+1/t17?,18?,19?,21-,23?/m1/s1. The molecule has 0 spiro atoms. The summed E-state index contributed by atoms with van der Waals surface area (Å²) in [5, 5.41) is 10.3. The molecule has 0 radical (unpaired) electrons. The van der Waals surface area contributed by atoms with Gasteiger partial charge in [-0.3, -0.25) is 0 Å². The van der Waals surface area contributed by atoms with Crippen LogP contribution >= 0.6 is 0 Å². The molecule has 0 aromatic heterocycles. The van der Waals surface area contributed by atoms with Crippen LogP contribution in [0.3, 0.4) is 0 Å². The van der Waals surface area contributed by atoms with Crippen molar-refractivity contribution in [2.75, 3.05) is 39.5 Å². The Balaban J connectivity index is 1.17. The molecule has 1 aliphatic heterocycles. The Labute approximate surface area is 162 Å². The molecule has 4 aliphatic carbocycles. The average molecular weight is 373 g/mol. The minimum absolute atomic E-state index is 0.376. The van der Waals surface area contributed by atoms with Crippen molar-refractivity contribution in [3.63, 3.8) is 0 Å². The van der Waals surface area contributed by atoms with E-state index in [-0.39, 0.29) is 0 Å². The van der Waals surface area contributed by atoms with E-state index in [4.69, 9.17) is 9.47 Å². The molecule has 1 atom stereocenters. The number of ether oxygens (including phenoxy) is 2. The Bertz CT molecular complexity index is 602. The zero-order chi connectivity index (χ0) is 18.3. The third kappa shape index (κ3) is 3.76. The maximum absolute atomic E-state index is 10.3. The molecule has 4 saturated carbocycles. The number of nitrogens with one attached hydrogen (secondary N) is 1. The van der Waals surface area contributed by atoms with Crippen molar-refractivity contribution in [2.24, 2.45) is 17.8 Å². The Morgan fingerprint density at radius 1 is 1.00 bits per heavy atom. The highest BCUT2D eigenvalue weighted by Crippen LogP contribution is 2.60.